The summed E-state index contributed by atoms with van der Waals surface area (Å²) in [5.41, 5.74) is -0.840. The number of imide groups is 1. The monoisotopic (exact) mass is 345 g/mol. The van der Waals surface area contributed by atoms with Crippen LogP contribution < -0.4 is 10.6 Å². The average Bonchev–Trinajstić information content (AvgIpc) is 2.72. The van der Waals surface area contributed by atoms with Crippen LogP contribution >= 0.6 is 23.2 Å². The molecule has 0 atom stereocenters. The first-order chi connectivity index (χ1) is 10.4. The number of piperidine rings is 1. The third-order valence-corrected chi connectivity index (χ3v) is 5.00. The van der Waals surface area contributed by atoms with E-state index in [2.05, 4.69) is 10.6 Å². The van der Waals surface area contributed by atoms with Gasteiger partial charge in [-0.25, -0.2) is 9.18 Å². The molecule has 5 nitrogen and oxygen atoms in total. The molecule has 3 rings (SSSR count). The van der Waals surface area contributed by atoms with Crippen molar-refractivity contribution in [2.75, 3.05) is 13.1 Å². The zero-order valence-electron chi connectivity index (χ0n) is 11.6. The number of urea groups is 1. The summed E-state index contributed by atoms with van der Waals surface area (Å²) in [7, 11) is 0. The molecule has 2 fully saturated rings. The normalized spacial score (nSPS) is 20.6. The number of carbonyl (C=O) groups excluding carboxylic acids is 2. The van der Waals surface area contributed by atoms with Crippen molar-refractivity contribution >= 4 is 35.1 Å². The van der Waals surface area contributed by atoms with Crippen molar-refractivity contribution in [3.63, 3.8) is 0 Å². The highest BCUT2D eigenvalue weighted by Gasteiger charge is 2.51. The van der Waals surface area contributed by atoms with E-state index in [4.69, 9.17) is 23.2 Å². The number of hydrogen-bond donors (Lipinski definition) is 2. The van der Waals surface area contributed by atoms with E-state index in [-0.39, 0.29) is 28.1 Å². The second-order valence-corrected chi connectivity index (χ2v) is 6.26. The lowest BCUT2D eigenvalue weighted by molar-refractivity contribution is -0.132. The highest BCUT2D eigenvalue weighted by atomic mass is 35.5. The summed E-state index contributed by atoms with van der Waals surface area (Å²) in [4.78, 5) is 25.8. The van der Waals surface area contributed by atoms with Crippen LogP contribution in [0.5, 0.6) is 0 Å². The molecule has 1 aromatic carbocycles. The van der Waals surface area contributed by atoms with Crippen molar-refractivity contribution in [3.05, 3.63) is 33.6 Å². The molecule has 3 amide bonds. The lowest BCUT2D eigenvalue weighted by Gasteiger charge is -2.31. The van der Waals surface area contributed by atoms with Gasteiger partial charge in [-0.15, -0.1) is 0 Å². The Kier molecular flexibility index (Phi) is 4.01. The Labute approximate surface area is 136 Å². The fourth-order valence-electron chi connectivity index (χ4n) is 2.88. The van der Waals surface area contributed by atoms with Crippen LogP contribution in [0, 0.1) is 5.82 Å². The molecule has 0 radical (unpaired) electrons. The van der Waals surface area contributed by atoms with Crippen LogP contribution in [0.15, 0.2) is 12.1 Å². The van der Waals surface area contributed by atoms with Gasteiger partial charge in [0.2, 0.25) is 0 Å². The van der Waals surface area contributed by atoms with Crippen molar-refractivity contribution < 1.29 is 14.0 Å². The first-order valence-electron chi connectivity index (χ1n) is 6.92. The topological polar surface area (TPSA) is 61.4 Å². The van der Waals surface area contributed by atoms with E-state index in [1.54, 1.807) is 0 Å². The van der Waals surface area contributed by atoms with Crippen molar-refractivity contribution in [1.29, 1.82) is 0 Å². The Balaban J connectivity index is 1.89. The van der Waals surface area contributed by atoms with Crippen molar-refractivity contribution in [2.24, 2.45) is 0 Å². The smallest absolute Gasteiger partial charge is 0.323 e. The van der Waals surface area contributed by atoms with E-state index in [0.29, 0.717) is 25.9 Å². The first-order valence-corrected chi connectivity index (χ1v) is 7.67. The van der Waals surface area contributed by atoms with E-state index in [9.17, 15) is 14.0 Å². The van der Waals surface area contributed by atoms with Crippen LogP contribution in [0.25, 0.3) is 0 Å². The van der Waals surface area contributed by atoms with E-state index in [1.807, 2.05) is 0 Å². The summed E-state index contributed by atoms with van der Waals surface area (Å²) in [6.07, 6.45) is 1.03. The van der Waals surface area contributed by atoms with Crippen molar-refractivity contribution in [2.45, 2.75) is 24.9 Å². The molecule has 0 bridgehead atoms. The quantitative estimate of drug-likeness (QED) is 0.638. The van der Waals surface area contributed by atoms with Gasteiger partial charge in [-0.2, -0.15) is 0 Å². The van der Waals surface area contributed by atoms with Gasteiger partial charge in [0.25, 0.3) is 5.91 Å². The van der Waals surface area contributed by atoms with Crippen LogP contribution in [-0.2, 0) is 11.3 Å². The summed E-state index contributed by atoms with van der Waals surface area (Å²) in [5.74, 6) is -0.935. The highest BCUT2D eigenvalue weighted by Crippen LogP contribution is 2.32. The van der Waals surface area contributed by atoms with E-state index in [0.717, 1.165) is 4.90 Å². The lowest BCUT2D eigenvalue weighted by atomic mass is 9.88. The predicted molar refractivity (Wildman–Crippen MR) is 80.3 cm³/mol. The molecule has 1 spiro atoms. The van der Waals surface area contributed by atoms with E-state index < -0.39 is 17.4 Å². The Morgan fingerprint density at radius 2 is 1.91 bits per heavy atom. The zero-order chi connectivity index (χ0) is 15.9. The molecule has 0 aromatic heterocycles. The summed E-state index contributed by atoms with van der Waals surface area (Å²) in [6.45, 7) is 1.06. The lowest BCUT2D eigenvalue weighted by Crippen LogP contribution is -2.53. The molecule has 0 saturated carbocycles. The fraction of sp³-hybridized carbons (Fsp3) is 0.429. The van der Waals surface area contributed by atoms with E-state index >= 15 is 0 Å². The predicted octanol–water partition coefficient (Wildman–Crippen LogP) is 2.31. The van der Waals surface area contributed by atoms with Gasteiger partial charge in [0, 0.05) is 5.56 Å². The summed E-state index contributed by atoms with van der Waals surface area (Å²) in [5, 5.41) is 6.09. The maximum Gasteiger partial charge on any atom is 0.325 e. The molecule has 118 valence electrons. The Morgan fingerprint density at radius 1 is 1.23 bits per heavy atom. The van der Waals surface area contributed by atoms with Crippen LogP contribution in [-0.4, -0.2) is 35.5 Å². The molecular weight excluding hydrogens is 332 g/mol. The summed E-state index contributed by atoms with van der Waals surface area (Å²) < 4.78 is 13.9. The molecule has 2 aliphatic heterocycles. The van der Waals surface area contributed by atoms with Crippen LogP contribution in [0.3, 0.4) is 0 Å². The zero-order valence-corrected chi connectivity index (χ0v) is 13.1. The average molecular weight is 346 g/mol. The van der Waals surface area contributed by atoms with Crippen LogP contribution in [0.4, 0.5) is 9.18 Å². The highest BCUT2D eigenvalue weighted by molar-refractivity contribution is 6.42. The molecule has 1 aromatic rings. The van der Waals surface area contributed by atoms with Gasteiger partial charge in [0.1, 0.15) is 11.4 Å². The summed E-state index contributed by atoms with van der Waals surface area (Å²) in [6, 6.07) is 1.98. The molecule has 0 unspecified atom stereocenters. The third kappa shape index (κ3) is 2.45. The van der Waals surface area contributed by atoms with Gasteiger partial charge in [-0.1, -0.05) is 23.2 Å². The number of nitrogens with one attached hydrogen (secondary N) is 2. The maximum atomic E-state index is 13.9. The molecule has 2 saturated heterocycles. The second kappa shape index (κ2) is 5.68. The van der Waals surface area contributed by atoms with Crippen LogP contribution in [0.2, 0.25) is 10.0 Å². The Bertz CT molecular complexity index is 647. The van der Waals surface area contributed by atoms with Crippen LogP contribution in [0.1, 0.15) is 18.4 Å². The van der Waals surface area contributed by atoms with Gasteiger partial charge < -0.3 is 10.6 Å². The number of carbonyl (C=O) groups is 2. The molecule has 8 heteroatoms. The largest absolute Gasteiger partial charge is 0.325 e. The SMILES string of the molecule is O=C1NC2(CCNCC2)C(=O)N1Cc1c(F)ccc(Cl)c1Cl. The third-order valence-electron chi connectivity index (χ3n) is 4.16. The van der Waals surface area contributed by atoms with Gasteiger partial charge in [-0.3, -0.25) is 9.69 Å². The minimum absolute atomic E-state index is 0.0218. The molecule has 2 aliphatic rings. The molecule has 0 aliphatic carbocycles. The molecule has 2 N–H and O–H groups in total. The molecule has 2 heterocycles. The maximum absolute atomic E-state index is 13.9. The molecule has 22 heavy (non-hydrogen) atoms. The van der Waals surface area contributed by atoms with Crippen molar-refractivity contribution in [3.8, 4) is 0 Å². The fourth-order valence-corrected chi connectivity index (χ4v) is 3.27. The molecular formula is C14H14Cl2FN3O2. The minimum atomic E-state index is -0.885. The van der Waals surface area contributed by atoms with Gasteiger partial charge in [0.05, 0.1) is 16.6 Å². The van der Waals surface area contributed by atoms with Crippen molar-refractivity contribution in [1.82, 2.24) is 15.5 Å². The number of benzene rings is 1. The number of halogens is 3. The number of rotatable bonds is 2. The Hall–Kier alpha value is -1.37. The van der Waals surface area contributed by atoms with Gasteiger partial charge >= 0.3 is 6.03 Å². The number of hydrogen-bond acceptors (Lipinski definition) is 3. The summed E-state index contributed by atoms with van der Waals surface area (Å²) >= 11 is 11.9. The standard InChI is InChI=1S/C14H14Cl2FN3O2/c15-9-1-2-10(17)8(11(9)16)7-20-12(21)14(19-13(20)22)3-5-18-6-4-14/h1-2,18H,3-7H2,(H,19,22). The number of amides is 3. The van der Waals surface area contributed by atoms with E-state index in [1.165, 1.54) is 12.1 Å². The van der Waals surface area contributed by atoms with Gasteiger partial charge in [-0.05, 0) is 38.1 Å². The minimum Gasteiger partial charge on any atom is -0.323 e. The van der Waals surface area contributed by atoms with Gasteiger partial charge in [0.15, 0.2) is 0 Å². The second-order valence-electron chi connectivity index (χ2n) is 5.48. The number of nitrogens with zero attached hydrogens (tertiary/aromatic N) is 1. The Morgan fingerprint density at radius 3 is 2.59 bits per heavy atom. The first kappa shape index (κ1) is 15.5.